The number of β-amino-alcohol motifs (C(OH)–C–C–N with tert-alkyl or cyclic N) is 1. The topological polar surface area (TPSA) is 79.6 Å². The highest BCUT2D eigenvalue weighted by Gasteiger charge is 2.20. The number of urea groups is 1. The molecular weight excluding hydrogens is 292 g/mol. The van der Waals surface area contributed by atoms with Crippen LogP contribution >= 0.6 is 11.6 Å². The Morgan fingerprint density at radius 2 is 2.10 bits per heavy atom. The number of benzene rings is 1. The largest absolute Gasteiger partial charge is 0.395 e. The summed E-state index contributed by atoms with van der Waals surface area (Å²) in [5.41, 5.74) is 0.953. The average molecular weight is 309 g/mol. The first-order valence-electron chi connectivity index (χ1n) is 6.73. The maximum atomic E-state index is 12.1. The highest BCUT2D eigenvalue weighted by molar-refractivity contribution is 6.32. The van der Waals surface area contributed by atoms with Crippen LogP contribution in [0.25, 0.3) is 0 Å². The van der Waals surface area contributed by atoms with Crippen LogP contribution in [0.1, 0.15) is 5.56 Å². The fraction of sp³-hybridized carbons (Fsp3) is 0.429. The van der Waals surface area contributed by atoms with Crippen molar-refractivity contribution in [3.63, 3.8) is 0 Å². The molecule has 1 aliphatic heterocycles. The third-order valence-electron chi connectivity index (χ3n) is 3.42. The van der Waals surface area contributed by atoms with E-state index in [9.17, 15) is 4.79 Å². The predicted octanol–water partition coefficient (Wildman–Crippen LogP) is 1.35. The Morgan fingerprint density at radius 1 is 1.38 bits per heavy atom. The molecule has 0 radical (unpaired) electrons. The van der Waals surface area contributed by atoms with Gasteiger partial charge in [0.2, 0.25) is 0 Å². The molecule has 0 bridgehead atoms. The summed E-state index contributed by atoms with van der Waals surface area (Å²) >= 11 is 5.93. The minimum absolute atomic E-state index is 0.135. The molecule has 0 aliphatic carbocycles. The second kappa shape index (κ2) is 7.27. The number of carbonyl (C=O) groups excluding carboxylic acids is 1. The van der Waals surface area contributed by atoms with Gasteiger partial charge in [-0.1, -0.05) is 11.6 Å². The van der Waals surface area contributed by atoms with Crippen molar-refractivity contribution in [1.82, 2.24) is 9.80 Å². The number of aliphatic hydroxyl groups is 1. The molecule has 0 spiro atoms. The first-order chi connectivity index (χ1) is 10.1. The van der Waals surface area contributed by atoms with Gasteiger partial charge in [-0.05, 0) is 18.2 Å². The van der Waals surface area contributed by atoms with Gasteiger partial charge in [0.05, 0.1) is 17.2 Å². The molecule has 1 aliphatic rings. The predicted molar refractivity (Wildman–Crippen MR) is 80.3 cm³/mol. The monoisotopic (exact) mass is 308 g/mol. The van der Waals surface area contributed by atoms with Gasteiger partial charge in [-0.2, -0.15) is 5.26 Å². The van der Waals surface area contributed by atoms with Crippen LogP contribution in [-0.4, -0.2) is 60.3 Å². The molecule has 2 amide bonds. The number of hydrogen-bond donors (Lipinski definition) is 2. The fourth-order valence-electron chi connectivity index (χ4n) is 2.20. The molecule has 6 nitrogen and oxygen atoms in total. The molecule has 7 heteroatoms. The Morgan fingerprint density at radius 3 is 2.67 bits per heavy atom. The number of halogens is 1. The van der Waals surface area contributed by atoms with E-state index in [1.165, 1.54) is 0 Å². The summed E-state index contributed by atoms with van der Waals surface area (Å²) in [4.78, 5) is 16.0. The van der Waals surface area contributed by atoms with Gasteiger partial charge in [-0.25, -0.2) is 4.79 Å². The summed E-state index contributed by atoms with van der Waals surface area (Å²) < 4.78 is 0. The van der Waals surface area contributed by atoms with E-state index in [1.807, 2.05) is 6.07 Å². The lowest BCUT2D eigenvalue weighted by Gasteiger charge is -2.34. The summed E-state index contributed by atoms with van der Waals surface area (Å²) in [6, 6.07) is 6.60. The molecule has 112 valence electrons. The number of carbonyl (C=O) groups is 1. The first-order valence-corrected chi connectivity index (χ1v) is 7.10. The first kappa shape index (κ1) is 15.6. The second-order valence-corrected chi connectivity index (χ2v) is 5.20. The fourth-order valence-corrected chi connectivity index (χ4v) is 2.42. The molecule has 1 aromatic carbocycles. The van der Waals surface area contributed by atoms with Crippen LogP contribution in [0.15, 0.2) is 18.2 Å². The van der Waals surface area contributed by atoms with Gasteiger partial charge in [-0.15, -0.1) is 0 Å². The van der Waals surface area contributed by atoms with Gasteiger partial charge in [0, 0.05) is 38.4 Å². The van der Waals surface area contributed by atoms with Crippen LogP contribution in [0.5, 0.6) is 0 Å². The molecule has 0 saturated carbocycles. The lowest BCUT2D eigenvalue weighted by molar-refractivity contribution is 0.127. The van der Waals surface area contributed by atoms with Crippen LogP contribution in [0.2, 0.25) is 5.02 Å². The summed E-state index contributed by atoms with van der Waals surface area (Å²) in [5, 5.41) is 20.8. The maximum Gasteiger partial charge on any atom is 0.321 e. The van der Waals surface area contributed by atoms with Gasteiger partial charge in [0.15, 0.2) is 0 Å². The Hall–Kier alpha value is -1.81. The zero-order valence-electron chi connectivity index (χ0n) is 11.5. The van der Waals surface area contributed by atoms with Gasteiger partial charge < -0.3 is 15.3 Å². The maximum absolute atomic E-state index is 12.1. The third-order valence-corrected chi connectivity index (χ3v) is 3.73. The summed E-state index contributed by atoms with van der Waals surface area (Å²) in [5.74, 6) is 0. The minimum atomic E-state index is -0.181. The SMILES string of the molecule is N#Cc1ccc(NC(=O)N2CCN(CCO)CC2)cc1Cl. The molecule has 21 heavy (non-hydrogen) atoms. The summed E-state index contributed by atoms with van der Waals surface area (Å²) in [6.45, 7) is 3.52. The van der Waals surface area contributed by atoms with Crippen molar-refractivity contribution < 1.29 is 9.90 Å². The van der Waals surface area contributed by atoms with E-state index in [0.717, 1.165) is 13.1 Å². The van der Waals surface area contributed by atoms with Gasteiger partial charge in [-0.3, -0.25) is 4.90 Å². The number of nitrogens with zero attached hydrogens (tertiary/aromatic N) is 3. The molecule has 0 unspecified atom stereocenters. The van der Waals surface area contributed by atoms with Crippen molar-refractivity contribution in [3.05, 3.63) is 28.8 Å². The number of anilines is 1. The minimum Gasteiger partial charge on any atom is -0.395 e. The lowest BCUT2D eigenvalue weighted by Crippen LogP contribution is -2.50. The van der Waals surface area contributed by atoms with Crippen molar-refractivity contribution in [2.24, 2.45) is 0 Å². The van der Waals surface area contributed by atoms with E-state index >= 15 is 0 Å². The van der Waals surface area contributed by atoms with Crippen molar-refractivity contribution >= 4 is 23.3 Å². The zero-order valence-corrected chi connectivity index (χ0v) is 12.3. The quantitative estimate of drug-likeness (QED) is 0.883. The zero-order chi connectivity index (χ0) is 15.2. The normalized spacial score (nSPS) is 15.6. The number of nitriles is 1. The Bertz CT molecular complexity index is 550. The number of piperazine rings is 1. The Labute approximate surface area is 128 Å². The van der Waals surface area contributed by atoms with Crippen LogP contribution in [0.3, 0.4) is 0 Å². The van der Waals surface area contributed by atoms with Crippen molar-refractivity contribution in [1.29, 1.82) is 5.26 Å². The van der Waals surface area contributed by atoms with E-state index in [-0.39, 0.29) is 12.6 Å². The number of amides is 2. The number of hydrogen-bond acceptors (Lipinski definition) is 4. The average Bonchev–Trinajstić information content (AvgIpc) is 2.48. The van der Waals surface area contributed by atoms with Crippen molar-refractivity contribution in [3.8, 4) is 6.07 Å². The van der Waals surface area contributed by atoms with Gasteiger partial charge >= 0.3 is 6.03 Å². The number of rotatable bonds is 3. The molecule has 1 saturated heterocycles. The number of aliphatic hydroxyl groups excluding tert-OH is 1. The summed E-state index contributed by atoms with van der Waals surface area (Å²) in [7, 11) is 0. The molecule has 0 aromatic heterocycles. The highest BCUT2D eigenvalue weighted by Crippen LogP contribution is 2.20. The van der Waals surface area contributed by atoms with E-state index in [4.69, 9.17) is 22.0 Å². The van der Waals surface area contributed by atoms with Crippen molar-refractivity contribution in [2.75, 3.05) is 44.6 Å². The summed E-state index contributed by atoms with van der Waals surface area (Å²) in [6.07, 6.45) is 0. The van der Waals surface area contributed by atoms with Crippen LogP contribution in [0.4, 0.5) is 10.5 Å². The van der Waals surface area contributed by atoms with Gasteiger partial charge in [0.1, 0.15) is 6.07 Å². The molecule has 2 rings (SSSR count). The second-order valence-electron chi connectivity index (χ2n) is 4.79. The van der Waals surface area contributed by atoms with E-state index in [1.54, 1.807) is 23.1 Å². The lowest BCUT2D eigenvalue weighted by atomic mass is 10.2. The van der Waals surface area contributed by atoms with E-state index in [0.29, 0.717) is 35.9 Å². The molecular formula is C14H17ClN4O2. The molecule has 1 aromatic rings. The third kappa shape index (κ3) is 4.08. The highest BCUT2D eigenvalue weighted by atomic mass is 35.5. The Balaban J connectivity index is 1.90. The van der Waals surface area contributed by atoms with E-state index in [2.05, 4.69) is 10.2 Å². The van der Waals surface area contributed by atoms with Crippen LogP contribution < -0.4 is 5.32 Å². The van der Waals surface area contributed by atoms with E-state index < -0.39 is 0 Å². The number of nitrogens with one attached hydrogen (secondary N) is 1. The van der Waals surface area contributed by atoms with Crippen LogP contribution in [0, 0.1) is 11.3 Å². The molecule has 0 atom stereocenters. The molecule has 2 N–H and O–H groups in total. The smallest absolute Gasteiger partial charge is 0.321 e. The molecule has 1 heterocycles. The molecule has 1 fully saturated rings. The van der Waals surface area contributed by atoms with Crippen LogP contribution in [-0.2, 0) is 0 Å². The van der Waals surface area contributed by atoms with Gasteiger partial charge in [0.25, 0.3) is 0 Å². The standard InChI is InChI=1S/C14H17ClN4O2/c15-13-9-12(2-1-11(13)10-16)17-14(21)19-5-3-18(4-6-19)7-8-20/h1-2,9,20H,3-8H2,(H,17,21). The Kier molecular flexibility index (Phi) is 5.39. The van der Waals surface area contributed by atoms with Crippen molar-refractivity contribution in [2.45, 2.75) is 0 Å².